The summed E-state index contributed by atoms with van der Waals surface area (Å²) in [4.78, 5) is 38.2. The molecule has 3 N–H and O–H groups in total. The van der Waals surface area contributed by atoms with Gasteiger partial charge in [-0.05, 0) is 33.4 Å². The van der Waals surface area contributed by atoms with E-state index in [0.29, 0.717) is 11.1 Å². The first-order valence-corrected chi connectivity index (χ1v) is 12.3. The molecule has 7 nitrogen and oxygen atoms in total. The second kappa shape index (κ2) is 11.0. The highest BCUT2D eigenvalue weighted by Gasteiger charge is 2.31. The van der Waals surface area contributed by atoms with Crippen molar-refractivity contribution in [2.45, 2.75) is 18.0 Å². The number of nitrogens with one attached hydrogen (secondary N) is 2. The number of carbonyl (C=O) groups excluding carboxylic acids is 2. The number of aliphatic carboxylic acids is 1. The maximum atomic E-state index is 13.3. The van der Waals surface area contributed by atoms with Crippen LogP contribution >= 0.6 is 0 Å². The number of ether oxygens (including phenoxy) is 1. The monoisotopic (exact) mass is 506 g/mol. The molecular formula is C31H26N2O5. The molecule has 0 fully saturated rings. The molecule has 5 rings (SSSR count). The zero-order valence-corrected chi connectivity index (χ0v) is 20.4. The largest absolute Gasteiger partial charge is 0.479 e. The van der Waals surface area contributed by atoms with Crippen LogP contribution in [0.15, 0.2) is 109 Å². The van der Waals surface area contributed by atoms with Crippen LogP contribution in [0.3, 0.4) is 0 Å². The normalized spacial score (nSPS) is 13.5. The number of hydrogen-bond acceptors (Lipinski definition) is 4. The van der Waals surface area contributed by atoms with Crippen molar-refractivity contribution < 1.29 is 24.2 Å². The highest BCUT2D eigenvalue weighted by molar-refractivity contribution is 5.90. The fourth-order valence-corrected chi connectivity index (χ4v) is 4.86. The summed E-state index contributed by atoms with van der Waals surface area (Å²) in [5.74, 6) is -2.01. The Bertz CT molecular complexity index is 1410. The van der Waals surface area contributed by atoms with Gasteiger partial charge in [-0.25, -0.2) is 9.59 Å². The number of fused-ring (bicyclic) bond motifs is 3. The van der Waals surface area contributed by atoms with Crippen LogP contribution in [0.1, 0.15) is 40.3 Å². The Morgan fingerprint density at radius 2 is 1.13 bits per heavy atom. The van der Waals surface area contributed by atoms with Crippen molar-refractivity contribution in [2.75, 3.05) is 6.61 Å². The highest BCUT2D eigenvalue weighted by atomic mass is 16.5. The summed E-state index contributed by atoms with van der Waals surface area (Å²) in [5, 5.41) is 14.9. The van der Waals surface area contributed by atoms with Crippen LogP contribution in [0.25, 0.3) is 11.1 Å². The van der Waals surface area contributed by atoms with Gasteiger partial charge >= 0.3 is 12.1 Å². The van der Waals surface area contributed by atoms with E-state index >= 15 is 0 Å². The number of carboxylic acid groups (broad SMARTS) is 1. The van der Waals surface area contributed by atoms with Crippen LogP contribution < -0.4 is 10.6 Å². The number of benzene rings is 4. The molecule has 2 atom stereocenters. The zero-order valence-electron chi connectivity index (χ0n) is 20.4. The summed E-state index contributed by atoms with van der Waals surface area (Å²) in [6.45, 7) is 0.0881. The summed E-state index contributed by atoms with van der Waals surface area (Å²) >= 11 is 0. The minimum absolute atomic E-state index is 0.0881. The van der Waals surface area contributed by atoms with Crippen molar-refractivity contribution in [3.8, 4) is 11.1 Å². The molecule has 0 heterocycles. The molecule has 4 aromatic carbocycles. The maximum Gasteiger partial charge on any atom is 0.408 e. The smallest absolute Gasteiger partial charge is 0.408 e. The molecule has 0 spiro atoms. The predicted molar refractivity (Wildman–Crippen MR) is 142 cm³/mol. The first-order chi connectivity index (χ1) is 18.5. The van der Waals surface area contributed by atoms with Crippen LogP contribution in [0.4, 0.5) is 4.79 Å². The second-order valence-electron chi connectivity index (χ2n) is 9.00. The minimum Gasteiger partial charge on any atom is -0.479 e. The van der Waals surface area contributed by atoms with Crippen molar-refractivity contribution >= 4 is 18.0 Å². The third-order valence-corrected chi connectivity index (χ3v) is 6.67. The van der Waals surface area contributed by atoms with E-state index in [0.717, 1.165) is 22.3 Å². The molecule has 0 saturated carbocycles. The second-order valence-corrected chi connectivity index (χ2v) is 9.00. The van der Waals surface area contributed by atoms with Gasteiger partial charge < -0.3 is 20.5 Å². The molecule has 2 amide bonds. The molecule has 4 aromatic rings. The molecule has 190 valence electrons. The summed E-state index contributed by atoms with van der Waals surface area (Å²) in [6.07, 6.45) is -0.776. The van der Waals surface area contributed by atoms with E-state index in [1.165, 1.54) is 0 Å². The number of rotatable bonds is 8. The molecular weight excluding hydrogens is 480 g/mol. The Morgan fingerprint density at radius 3 is 1.66 bits per heavy atom. The third-order valence-electron chi connectivity index (χ3n) is 6.67. The Labute approximate surface area is 220 Å². The van der Waals surface area contributed by atoms with Crippen LogP contribution in [0, 0.1) is 0 Å². The SMILES string of the molecule is O=C(N[C@H](C(=O)N[C@H](C(=O)O)c1ccccc1)c1ccccc1)OCC1c2ccccc2-c2ccccc21. The van der Waals surface area contributed by atoms with E-state index in [1.807, 2.05) is 36.4 Å². The van der Waals surface area contributed by atoms with Crippen molar-refractivity contribution in [3.63, 3.8) is 0 Å². The summed E-state index contributed by atoms with van der Waals surface area (Å²) < 4.78 is 5.63. The lowest BCUT2D eigenvalue weighted by molar-refractivity contribution is -0.142. The molecule has 0 bridgehead atoms. The number of hydrogen-bond donors (Lipinski definition) is 3. The van der Waals surface area contributed by atoms with Gasteiger partial charge in [0.1, 0.15) is 12.6 Å². The molecule has 0 saturated heterocycles. The Morgan fingerprint density at radius 1 is 0.658 bits per heavy atom. The molecule has 0 radical (unpaired) electrons. The molecule has 0 unspecified atom stereocenters. The van der Waals surface area contributed by atoms with Gasteiger partial charge in [-0.2, -0.15) is 0 Å². The van der Waals surface area contributed by atoms with Crippen LogP contribution in [-0.2, 0) is 14.3 Å². The van der Waals surface area contributed by atoms with E-state index in [-0.39, 0.29) is 12.5 Å². The van der Waals surface area contributed by atoms with Crippen molar-refractivity contribution in [1.82, 2.24) is 10.6 Å². The van der Waals surface area contributed by atoms with E-state index in [1.54, 1.807) is 60.7 Å². The Kier molecular flexibility index (Phi) is 7.17. The van der Waals surface area contributed by atoms with Crippen LogP contribution in [0.2, 0.25) is 0 Å². The van der Waals surface area contributed by atoms with Gasteiger partial charge in [0.2, 0.25) is 5.91 Å². The zero-order chi connectivity index (χ0) is 26.5. The van der Waals surface area contributed by atoms with Crippen LogP contribution in [0.5, 0.6) is 0 Å². The lowest BCUT2D eigenvalue weighted by Gasteiger charge is -2.22. The van der Waals surface area contributed by atoms with Gasteiger partial charge in [0, 0.05) is 5.92 Å². The minimum atomic E-state index is -1.28. The fraction of sp³-hybridized carbons (Fsp3) is 0.129. The lowest BCUT2D eigenvalue weighted by Crippen LogP contribution is -2.43. The first kappa shape index (κ1) is 24.8. The lowest BCUT2D eigenvalue weighted by atomic mass is 9.98. The topological polar surface area (TPSA) is 105 Å². The van der Waals surface area contributed by atoms with Gasteiger partial charge in [-0.1, -0.05) is 109 Å². The number of carboxylic acids is 1. The average molecular weight is 507 g/mol. The highest BCUT2D eigenvalue weighted by Crippen LogP contribution is 2.44. The molecule has 1 aliphatic carbocycles. The Hall–Kier alpha value is -4.91. The molecule has 1 aliphatic rings. The summed E-state index contributed by atoms with van der Waals surface area (Å²) in [6, 6.07) is 30.6. The number of carbonyl (C=O) groups is 3. The average Bonchev–Trinajstić information content (AvgIpc) is 3.27. The third kappa shape index (κ3) is 5.13. The van der Waals surface area contributed by atoms with Crippen molar-refractivity contribution in [2.24, 2.45) is 0 Å². The van der Waals surface area contributed by atoms with Gasteiger partial charge in [-0.15, -0.1) is 0 Å². The van der Waals surface area contributed by atoms with Gasteiger partial charge in [0.15, 0.2) is 6.04 Å². The molecule has 7 heteroatoms. The summed E-state index contributed by atoms with van der Waals surface area (Å²) in [5.41, 5.74) is 5.28. The van der Waals surface area contributed by atoms with Crippen LogP contribution in [-0.4, -0.2) is 29.7 Å². The quantitative estimate of drug-likeness (QED) is 0.304. The van der Waals surface area contributed by atoms with E-state index in [9.17, 15) is 19.5 Å². The van der Waals surface area contributed by atoms with Gasteiger partial charge in [0.25, 0.3) is 0 Å². The first-order valence-electron chi connectivity index (χ1n) is 12.3. The summed E-state index contributed by atoms with van der Waals surface area (Å²) in [7, 11) is 0. The fourth-order valence-electron chi connectivity index (χ4n) is 4.86. The van der Waals surface area contributed by atoms with Crippen molar-refractivity contribution in [1.29, 1.82) is 0 Å². The number of amides is 2. The molecule has 38 heavy (non-hydrogen) atoms. The van der Waals surface area contributed by atoms with E-state index in [2.05, 4.69) is 22.8 Å². The number of alkyl carbamates (subject to hydrolysis) is 1. The van der Waals surface area contributed by atoms with Gasteiger partial charge in [0.05, 0.1) is 0 Å². The van der Waals surface area contributed by atoms with E-state index in [4.69, 9.17) is 4.74 Å². The maximum absolute atomic E-state index is 13.3. The van der Waals surface area contributed by atoms with Crippen molar-refractivity contribution in [3.05, 3.63) is 131 Å². The van der Waals surface area contributed by atoms with Gasteiger partial charge in [-0.3, -0.25) is 4.79 Å². The molecule has 0 aromatic heterocycles. The standard InChI is InChI=1S/C31H26N2O5/c34-29(32-28(30(35)36)21-13-5-2-6-14-21)27(20-11-3-1-4-12-20)33-31(37)38-19-26-24-17-9-7-15-22(24)23-16-8-10-18-25(23)26/h1-18,26-28H,19H2,(H,32,34)(H,33,37)(H,35,36)/t27-,28-/m0/s1. The Balaban J connectivity index is 1.32. The molecule has 0 aliphatic heterocycles. The van der Waals surface area contributed by atoms with E-state index < -0.39 is 30.1 Å². The predicted octanol–water partition coefficient (Wildman–Crippen LogP) is 5.21.